The van der Waals surface area contributed by atoms with Gasteiger partial charge in [0, 0.05) is 12.8 Å². The van der Waals surface area contributed by atoms with E-state index in [1.165, 1.54) is 6.92 Å². The van der Waals surface area contributed by atoms with Crippen molar-refractivity contribution in [3.05, 3.63) is 0 Å². The van der Waals surface area contributed by atoms with E-state index in [4.69, 9.17) is 9.29 Å². The lowest BCUT2D eigenvalue weighted by atomic mass is 9.82. The monoisotopic (exact) mass is 318 g/mol. The summed E-state index contributed by atoms with van der Waals surface area (Å²) in [6.45, 7) is 1.20. The maximum absolute atomic E-state index is 13.8. The molecule has 5 atom stereocenters. The Bertz CT molecular complexity index is 442. The number of hydrogen-bond acceptors (Lipinski definition) is 3. The largest absolute Gasteiger partial charge is 0.462 e. The van der Waals surface area contributed by atoms with Crippen LogP contribution in [0.2, 0.25) is 0 Å². The van der Waals surface area contributed by atoms with Crippen molar-refractivity contribution in [1.82, 2.24) is 0 Å². The minimum atomic E-state index is -4.97. The fraction of sp³-hybridized carbons (Fsp3) is 0.909. The van der Waals surface area contributed by atoms with Crippen molar-refractivity contribution < 1.29 is 35.9 Å². The fourth-order valence-corrected chi connectivity index (χ4v) is 3.74. The molecular formula is C11H14F4O4S. The molecule has 0 heterocycles. The summed E-state index contributed by atoms with van der Waals surface area (Å²) in [6, 6.07) is 0. The Hall–Kier alpha value is -0.700. The predicted octanol–water partition coefficient (Wildman–Crippen LogP) is 2.41. The van der Waals surface area contributed by atoms with Gasteiger partial charge in [0.05, 0.1) is 0 Å². The molecule has 2 bridgehead atoms. The van der Waals surface area contributed by atoms with E-state index < -0.39 is 46.2 Å². The van der Waals surface area contributed by atoms with E-state index in [-0.39, 0.29) is 25.2 Å². The Kier molecular flexibility index (Phi) is 3.87. The van der Waals surface area contributed by atoms with Crippen LogP contribution in [0.4, 0.5) is 17.6 Å². The quantitative estimate of drug-likeness (QED) is 0.491. The van der Waals surface area contributed by atoms with Gasteiger partial charge in [0.1, 0.15) is 6.10 Å². The lowest BCUT2D eigenvalue weighted by molar-refractivity contribution is -0.204. The molecule has 0 aliphatic heterocycles. The van der Waals surface area contributed by atoms with Crippen molar-refractivity contribution >= 4 is 17.0 Å². The van der Waals surface area contributed by atoms with Crippen LogP contribution in [0.3, 0.4) is 0 Å². The van der Waals surface area contributed by atoms with Crippen molar-refractivity contribution in [2.24, 2.45) is 17.8 Å². The molecule has 0 amide bonds. The van der Waals surface area contributed by atoms with Crippen LogP contribution in [0.1, 0.15) is 26.2 Å². The predicted molar refractivity (Wildman–Crippen MR) is 60.5 cm³/mol. The van der Waals surface area contributed by atoms with E-state index in [9.17, 15) is 26.6 Å². The number of rotatable bonds is 4. The van der Waals surface area contributed by atoms with Gasteiger partial charge in [-0.3, -0.25) is 4.79 Å². The second kappa shape index (κ2) is 4.94. The van der Waals surface area contributed by atoms with Gasteiger partial charge in [-0.15, -0.1) is 0 Å². The van der Waals surface area contributed by atoms with Gasteiger partial charge in [-0.1, -0.05) is 0 Å². The second-order valence-electron chi connectivity index (χ2n) is 5.37. The lowest BCUT2D eigenvalue weighted by Crippen LogP contribution is -2.51. The molecule has 0 aromatic rings. The maximum Gasteiger partial charge on any atom is 0.406 e. The van der Waals surface area contributed by atoms with Crippen LogP contribution in [0.25, 0.3) is 0 Å². The van der Waals surface area contributed by atoms with E-state index in [2.05, 4.69) is 0 Å². The number of esters is 1. The Labute approximate surface area is 115 Å². The smallest absolute Gasteiger partial charge is 0.406 e. The molecule has 2 saturated carbocycles. The van der Waals surface area contributed by atoms with Gasteiger partial charge in [-0.25, -0.2) is 4.21 Å². The summed E-state index contributed by atoms with van der Waals surface area (Å²) in [5, 5.41) is -4.97. The average molecular weight is 318 g/mol. The summed E-state index contributed by atoms with van der Waals surface area (Å²) < 4.78 is 77.8. The van der Waals surface area contributed by atoms with E-state index in [1.54, 1.807) is 0 Å². The topological polar surface area (TPSA) is 63.6 Å². The summed E-state index contributed by atoms with van der Waals surface area (Å²) in [7, 11) is 0. The number of carbonyl (C=O) groups excluding carboxylic acids is 1. The molecule has 4 nitrogen and oxygen atoms in total. The minimum absolute atomic E-state index is 0.0959. The van der Waals surface area contributed by atoms with Gasteiger partial charge in [-0.2, -0.15) is 17.6 Å². The molecule has 116 valence electrons. The number of halogens is 4. The van der Waals surface area contributed by atoms with Gasteiger partial charge in [0.15, 0.2) is 0 Å². The molecular weight excluding hydrogens is 304 g/mol. The van der Waals surface area contributed by atoms with E-state index >= 15 is 0 Å². The molecule has 0 radical (unpaired) electrons. The van der Waals surface area contributed by atoms with Crippen LogP contribution in [0, 0.1) is 17.8 Å². The Balaban J connectivity index is 2.12. The molecule has 0 spiro atoms. The third kappa shape index (κ3) is 2.34. The summed E-state index contributed by atoms with van der Waals surface area (Å²) in [4.78, 5) is 10.8. The Morgan fingerprint density at radius 2 is 1.80 bits per heavy atom. The maximum atomic E-state index is 13.8. The second-order valence-corrected chi connectivity index (χ2v) is 6.38. The van der Waals surface area contributed by atoms with Crippen molar-refractivity contribution in [2.45, 2.75) is 43.5 Å². The van der Waals surface area contributed by atoms with Gasteiger partial charge in [0.2, 0.25) is 11.1 Å². The molecule has 5 unspecified atom stereocenters. The van der Waals surface area contributed by atoms with Gasteiger partial charge < -0.3 is 9.29 Å². The zero-order valence-electron chi connectivity index (χ0n) is 10.5. The molecule has 0 aromatic carbocycles. The Morgan fingerprint density at radius 3 is 2.20 bits per heavy atom. The van der Waals surface area contributed by atoms with Gasteiger partial charge in [-0.05, 0) is 31.1 Å². The minimum Gasteiger partial charge on any atom is -0.462 e. The first-order chi connectivity index (χ1) is 9.07. The molecule has 0 saturated heterocycles. The zero-order valence-corrected chi connectivity index (χ0v) is 11.3. The molecule has 2 rings (SSSR count). The van der Waals surface area contributed by atoms with E-state index in [0.29, 0.717) is 0 Å². The number of hydrogen-bond donors (Lipinski definition) is 1. The summed E-state index contributed by atoms with van der Waals surface area (Å²) >= 11 is -3.93. The van der Waals surface area contributed by atoms with Crippen LogP contribution in [-0.2, 0) is 20.6 Å². The SMILES string of the molecule is CC(=O)OC1CC2CC1CC2C(F)(F)C(F)(F)S(=O)O. The number of fused-ring (bicyclic) bond motifs is 2. The van der Waals surface area contributed by atoms with Gasteiger partial charge in [0.25, 0.3) is 0 Å². The average Bonchev–Trinajstić information content (AvgIpc) is 2.86. The highest BCUT2D eigenvalue weighted by Crippen LogP contribution is 2.58. The molecule has 20 heavy (non-hydrogen) atoms. The molecule has 1 N–H and O–H groups in total. The number of alkyl halides is 4. The molecule has 2 aliphatic carbocycles. The third-order valence-electron chi connectivity index (χ3n) is 4.18. The van der Waals surface area contributed by atoms with Crippen LogP contribution in [0.15, 0.2) is 0 Å². The first kappa shape index (κ1) is 15.7. The highest BCUT2D eigenvalue weighted by molar-refractivity contribution is 7.80. The third-order valence-corrected chi connectivity index (χ3v) is 4.89. The fourth-order valence-electron chi connectivity index (χ4n) is 3.36. The normalized spacial score (nSPS) is 35.1. The molecule has 0 aromatic heterocycles. The first-order valence-electron chi connectivity index (χ1n) is 6.11. The highest BCUT2D eigenvalue weighted by atomic mass is 32.2. The van der Waals surface area contributed by atoms with E-state index in [0.717, 1.165) is 0 Å². The van der Waals surface area contributed by atoms with Crippen LogP contribution in [0.5, 0.6) is 0 Å². The first-order valence-corrected chi connectivity index (χ1v) is 7.21. The zero-order chi connectivity index (χ0) is 15.3. The molecule has 9 heteroatoms. The van der Waals surface area contributed by atoms with Crippen LogP contribution < -0.4 is 0 Å². The molecule has 2 fully saturated rings. The van der Waals surface area contributed by atoms with Gasteiger partial charge >= 0.3 is 17.1 Å². The van der Waals surface area contributed by atoms with Crippen molar-refractivity contribution in [3.8, 4) is 0 Å². The van der Waals surface area contributed by atoms with E-state index in [1.807, 2.05) is 0 Å². The highest BCUT2D eigenvalue weighted by Gasteiger charge is 2.69. The van der Waals surface area contributed by atoms with Crippen molar-refractivity contribution in [2.75, 3.05) is 0 Å². The van der Waals surface area contributed by atoms with Crippen LogP contribution in [-0.4, -0.2) is 32.0 Å². The summed E-state index contributed by atoms with van der Waals surface area (Å²) in [6.07, 6.45) is -0.384. The Morgan fingerprint density at radius 1 is 1.20 bits per heavy atom. The number of carbonyl (C=O) groups is 1. The van der Waals surface area contributed by atoms with Crippen LogP contribution >= 0.6 is 0 Å². The molecule has 2 aliphatic rings. The summed E-state index contributed by atoms with van der Waals surface area (Å²) in [5.41, 5.74) is 0. The van der Waals surface area contributed by atoms with Crippen molar-refractivity contribution in [1.29, 1.82) is 0 Å². The standard InChI is InChI=1S/C11H14F4O4S/c1-5(16)19-9-4-6-2-7(9)3-8(6)10(12,13)11(14,15)20(17)18/h6-9H,2-4H2,1H3,(H,17,18). The lowest BCUT2D eigenvalue weighted by Gasteiger charge is -2.35. The number of ether oxygens (including phenoxy) is 1. The summed E-state index contributed by atoms with van der Waals surface area (Å²) in [5.74, 6) is -7.86. The van der Waals surface area contributed by atoms with Crippen molar-refractivity contribution in [3.63, 3.8) is 0 Å².